The van der Waals surface area contributed by atoms with Crippen molar-refractivity contribution in [3.05, 3.63) is 64.2 Å². The molecule has 5 nitrogen and oxygen atoms in total. The zero-order chi connectivity index (χ0) is 17.1. The van der Waals surface area contributed by atoms with E-state index >= 15 is 0 Å². The van der Waals surface area contributed by atoms with Gasteiger partial charge in [-0.05, 0) is 65.7 Å². The number of hydrogen-bond acceptors (Lipinski definition) is 5. The van der Waals surface area contributed by atoms with Crippen molar-refractivity contribution >= 4 is 29.1 Å². The molecule has 0 saturated heterocycles. The second kappa shape index (κ2) is 7.15. The number of nitrogens with zero attached hydrogens (tertiary/aromatic N) is 4. The number of carbonyl (C=O) groups is 1. The first-order valence-electron chi connectivity index (χ1n) is 7.33. The summed E-state index contributed by atoms with van der Waals surface area (Å²) in [6.07, 6.45) is 0. The highest BCUT2D eigenvalue weighted by molar-refractivity contribution is 7.99. The third kappa shape index (κ3) is 3.49. The number of aromatic nitrogens is 4. The van der Waals surface area contributed by atoms with Crippen LogP contribution >= 0.6 is 23.4 Å². The predicted octanol–water partition coefficient (Wildman–Crippen LogP) is 3.91. The van der Waals surface area contributed by atoms with Gasteiger partial charge in [-0.3, -0.25) is 4.79 Å². The number of thioether (sulfide) groups is 1. The lowest BCUT2D eigenvalue weighted by Gasteiger charge is -2.09. The van der Waals surface area contributed by atoms with E-state index in [1.54, 1.807) is 28.9 Å². The molecule has 3 aromatic rings. The fourth-order valence-corrected chi connectivity index (χ4v) is 3.14. The fourth-order valence-electron chi connectivity index (χ4n) is 2.23. The molecule has 0 fully saturated rings. The molecule has 0 bridgehead atoms. The summed E-state index contributed by atoms with van der Waals surface area (Å²) in [5.41, 5.74) is 3.81. The van der Waals surface area contributed by atoms with Gasteiger partial charge in [-0.2, -0.15) is 4.68 Å². The molecule has 1 heterocycles. The van der Waals surface area contributed by atoms with Crippen LogP contribution in [0, 0.1) is 13.8 Å². The number of carbonyl (C=O) groups excluding carboxylic acids is 1. The summed E-state index contributed by atoms with van der Waals surface area (Å²) >= 11 is 7.16. The van der Waals surface area contributed by atoms with Crippen molar-refractivity contribution in [2.75, 3.05) is 5.75 Å². The Morgan fingerprint density at radius 3 is 2.67 bits per heavy atom. The minimum atomic E-state index is 0.00665. The first kappa shape index (κ1) is 16.7. The van der Waals surface area contributed by atoms with Crippen LogP contribution in [0.4, 0.5) is 0 Å². The Morgan fingerprint density at radius 1 is 1.17 bits per heavy atom. The molecule has 0 radical (unpaired) electrons. The first-order chi connectivity index (χ1) is 11.6. The van der Waals surface area contributed by atoms with Gasteiger partial charge in [-0.1, -0.05) is 35.5 Å². The third-order valence-electron chi connectivity index (χ3n) is 3.74. The quantitative estimate of drug-likeness (QED) is 0.511. The van der Waals surface area contributed by atoms with E-state index in [-0.39, 0.29) is 11.5 Å². The van der Waals surface area contributed by atoms with Crippen LogP contribution in [-0.2, 0) is 0 Å². The third-order valence-corrected chi connectivity index (χ3v) is 4.91. The number of rotatable bonds is 5. The normalized spacial score (nSPS) is 10.8. The summed E-state index contributed by atoms with van der Waals surface area (Å²) < 4.78 is 1.67. The number of tetrazole rings is 1. The predicted molar refractivity (Wildman–Crippen MR) is 95.1 cm³/mol. The van der Waals surface area contributed by atoms with Gasteiger partial charge >= 0.3 is 0 Å². The summed E-state index contributed by atoms with van der Waals surface area (Å²) in [6.45, 7) is 4.07. The zero-order valence-electron chi connectivity index (χ0n) is 13.2. The second-order valence-electron chi connectivity index (χ2n) is 5.31. The number of ketones is 1. The lowest BCUT2D eigenvalue weighted by Crippen LogP contribution is -2.06. The largest absolute Gasteiger partial charge is 0.293 e. The molecule has 7 heteroatoms. The zero-order valence-corrected chi connectivity index (χ0v) is 14.8. The van der Waals surface area contributed by atoms with Crippen LogP contribution in [0.3, 0.4) is 0 Å². The van der Waals surface area contributed by atoms with E-state index < -0.39 is 0 Å². The molecule has 24 heavy (non-hydrogen) atoms. The minimum absolute atomic E-state index is 0.00665. The van der Waals surface area contributed by atoms with Crippen LogP contribution in [0.1, 0.15) is 21.5 Å². The van der Waals surface area contributed by atoms with Crippen LogP contribution in [0.25, 0.3) is 5.69 Å². The van der Waals surface area contributed by atoms with E-state index in [2.05, 4.69) is 15.5 Å². The molecule has 2 aromatic carbocycles. The number of halogens is 1. The first-order valence-corrected chi connectivity index (χ1v) is 8.69. The Balaban J connectivity index is 1.78. The molecule has 0 unspecified atom stereocenters. The molecule has 122 valence electrons. The SMILES string of the molecule is Cc1cccc(-n2nnnc2SCC(=O)c2ccc(Cl)cc2)c1C. The van der Waals surface area contributed by atoms with Crippen molar-refractivity contribution in [2.45, 2.75) is 19.0 Å². The molecule has 0 N–H and O–H groups in total. The lowest BCUT2D eigenvalue weighted by atomic mass is 10.1. The molecular formula is C17H15ClN4OS. The van der Waals surface area contributed by atoms with Gasteiger partial charge in [0.1, 0.15) is 0 Å². The van der Waals surface area contributed by atoms with Crippen LogP contribution in [0.5, 0.6) is 0 Å². The number of benzene rings is 2. The average Bonchev–Trinajstić information content (AvgIpc) is 3.04. The van der Waals surface area contributed by atoms with Crippen LogP contribution < -0.4 is 0 Å². The van der Waals surface area contributed by atoms with Crippen molar-refractivity contribution in [1.29, 1.82) is 0 Å². The number of Topliss-reactive ketones (excluding diaryl/α,β-unsaturated/α-hetero) is 1. The maximum absolute atomic E-state index is 12.3. The molecule has 0 aliphatic heterocycles. The van der Waals surface area contributed by atoms with Gasteiger partial charge in [0, 0.05) is 10.6 Å². The molecule has 0 amide bonds. The van der Waals surface area contributed by atoms with Gasteiger partial charge in [0.25, 0.3) is 0 Å². The lowest BCUT2D eigenvalue weighted by molar-refractivity contribution is 0.102. The van der Waals surface area contributed by atoms with Crippen molar-refractivity contribution in [1.82, 2.24) is 20.2 Å². The van der Waals surface area contributed by atoms with E-state index in [1.807, 2.05) is 32.0 Å². The molecule has 0 atom stereocenters. The molecule has 0 saturated carbocycles. The van der Waals surface area contributed by atoms with E-state index in [1.165, 1.54) is 11.8 Å². The summed E-state index contributed by atoms with van der Waals surface area (Å²) in [5, 5.41) is 13.0. The topological polar surface area (TPSA) is 60.7 Å². The van der Waals surface area contributed by atoms with Crippen LogP contribution in [0.15, 0.2) is 47.6 Å². The van der Waals surface area contributed by atoms with Gasteiger partial charge in [0.15, 0.2) is 5.78 Å². The smallest absolute Gasteiger partial charge is 0.214 e. The monoisotopic (exact) mass is 358 g/mol. The summed E-state index contributed by atoms with van der Waals surface area (Å²) in [4.78, 5) is 12.3. The Morgan fingerprint density at radius 2 is 1.92 bits per heavy atom. The van der Waals surface area contributed by atoms with Crippen molar-refractivity contribution < 1.29 is 4.79 Å². The molecule has 0 spiro atoms. The summed E-state index contributed by atoms with van der Waals surface area (Å²) in [6, 6.07) is 12.8. The maximum atomic E-state index is 12.3. The highest BCUT2D eigenvalue weighted by atomic mass is 35.5. The van der Waals surface area contributed by atoms with Gasteiger partial charge < -0.3 is 0 Å². The maximum Gasteiger partial charge on any atom is 0.214 e. The highest BCUT2D eigenvalue weighted by Crippen LogP contribution is 2.23. The van der Waals surface area contributed by atoms with E-state index in [4.69, 9.17) is 11.6 Å². The van der Waals surface area contributed by atoms with Gasteiger partial charge in [-0.25, -0.2) is 0 Å². The fraction of sp³-hybridized carbons (Fsp3) is 0.176. The van der Waals surface area contributed by atoms with Crippen LogP contribution in [0.2, 0.25) is 5.02 Å². The van der Waals surface area contributed by atoms with E-state index in [9.17, 15) is 4.79 Å². The minimum Gasteiger partial charge on any atom is -0.293 e. The van der Waals surface area contributed by atoms with Crippen molar-refractivity contribution in [2.24, 2.45) is 0 Å². The van der Waals surface area contributed by atoms with Crippen molar-refractivity contribution in [3.8, 4) is 5.69 Å². The summed E-state index contributed by atoms with van der Waals surface area (Å²) in [5.74, 6) is 0.263. The van der Waals surface area contributed by atoms with Crippen LogP contribution in [-0.4, -0.2) is 31.7 Å². The molecule has 0 aliphatic rings. The Hall–Kier alpha value is -2.18. The molecular weight excluding hydrogens is 344 g/mol. The number of hydrogen-bond donors (Lipinski definition) is 0. The Labute approximate surface area is 149 Å². The van der Waals surface area contributed by atoms with Gasteiger partial charge in [-0.15, -0.1) is 5.10 Å². The average molecular weight is 359 g/mol. The van der Waals surface area contributed by atoms with E-state index in [0.717, 1.165) is 16.8 Å². The molecule has 3 rings (SSSR count). The van der Waals surface area contributed by atoms with E-state index in [0.29, 0.717) is 15.7 Å². The molecule has 0 aliphatic carbocycles. The van der Waals surface area contributed by atoms with Crippen molar-refractivity contribution in [3.63, 3.8) is 0 Å². The summed E-state index contributed by atoms with van der Waals surface area (Å²) in [7, 11) is 0. The van der Waals surface area contributed by atoms with Gasteiger partial charge in [0.2, 0.25) is 5.16 Å². The molecule has 1 aromatic heterocycles. The number of aryl methyl sites for hydroxylation is 1. The Bertz CT molecular complexity index is 877. The standard InChI is InChI=1S/C17H15ClN4OS/c1-11-4-3-5-15(12(11)2)22-17(19-20-21-22)24-10-16(23)13-6-8-14(18)9-7-13/h3-9H,10H2,1-2H3. The van der Waals surface area contributed by atoms with Gasteiger partial charge in [0.05, 0.1) is 11.4 Å². The second-order valence-corrected chi connectivity index (χ2v) is 6.69. The highest BCUT2D eigenvalue weighted by Gasteiger charge is 2.14. The Kier molecular flexibility index (Phi) is 4.97.